The second-order valence-electron chi connectivity index (χ2n) is 5.50. The van der Waals surface area contributed by atoms with E-state index in [9.17, 15) is 0 Å². The summed E-state index contributed by atoms with van der Waals surface area (Å²) < 4.78 is 5.83. The maximum atomic E-state index is 5.83. The van der Waals surface area contributed by atoms with Gasteiger partial charge in [0.25, 0.3) is 0 Å². The summed E-state index contributed by atoms with van der Waals surface area (Å²) in [7, 11) is 0. The smallest absolute Gasteiger partial charge is 0.149 e. The lowest BCUT2D eigenvalue weighted by Gasteiger charge is -2.14. The Balaban J connectivity index is 2.29. The van der Waals surface area contributed by atoms with Crippen molar-refractivity contribution in [3.8, 4) is 17.6 Å². The van der Waals surface area contributed by atoms with Crippen LogP contribution in [-0.2, 0) is 6.54 Å². The van der Waals surface area contributed by atoms with Crippen molar-refractivity contribution in [3.05, 3.63) is 42.0 Å². The fraction of sp³-hybridized carbons (Fsp3) is 0.368. The number of hydrogen-bond acceptors (Lipinski definition) is 2. The van der Waals surface area contributed by atoms with Crippen molar-refractivity contribution in [3.63, 3.8) is 0 Å². The van der Waals surface area contributed by atoms with Gasteiger partial charge in [0.05, 0.1) is 0 Å². The maximum Gasteiger partial charge on any atom is 0.149 e. The van der Waals surface area contributed by atoms with E-state index in [0.717, 1.165) is 18.8 Å². The van der Waals surface area contributed by atoms with Gasteiger partial charge in [-0.05, 0) is 36.2 Å². The van der Waals surface area contributed by atoms with Gasteiger partial charge >= 0.3 is 0 Å². The van der Waals surface area contributed by atoms with Gasteiger partial charge in [0.15, 0.2) is 0 Å². The average Bonchev–Trinajstić information content (AvgIpc) is 2.48. The Morgan fingerprint density at radius 2 is 1.95 bits per heavy atom. The van der Waals surface area contributed by atoms with Gasteiger partial charge in [-0.15, -0.1) is 5.92 Å². The lowest BCUT2D eigenvalue weighted by atomic mass is 10.0. The van der Waals surface area contributed by atoms with Gasteiger partial charge in [-0.2, -0.15) is 0 Å². The number of rotatable bonds is 6. The molecule has 2 aromatic carbocycles. The van der Waals surface area contributed by atoms with E-state index < -0.39 is 0 Å². The monoisotopic (exact) mass is 281 g/mol. The Morgan fingerprint density at radius 1 is 1.14 bits per heavy atom. The molecule has 0 aliphatic rings. The molecule has 110 valence electrons. The number of hydrogen-bond donors (Lipinski definition) is 1. The van der Waals surface area contributed by atoms with Crippen LogP contribution in [-0.4, -0.2) is 13.2 Å². The van der Waals surface area contributed by atoms with Gasteiger partial charge in [-0.25, -0.2) is 0 Å². The van der Waals surface area contributed by atoms with Crippen molar-refractivity contribution < 1.29 is 4.74 Å². The number of ether oxygens (including phenoxy) is 1. The average molecular weight is 281 g/mol. The molecule has 0 spiro atoms. The van der Waals surface area contributed by atoms with Gasteiger partial charge < -0.3 is 10.1 Å². The molecule has 0 unspecified atom stereocenters. The van der Waals surface area contributed by atoms with Crippen molar-refractivity contribution in [1.29, 1.82) is 0 Å². The molecule has 0 radical (unpaired) electrons. The first kappa shape index (κ1) is 15.4. The lowest BCUT2D eigenvalue weighted by Crippen LogP contribution is -2.19. The van der Waals surface area contributed by atoms with Crippen molar-refractivity contribution >= 4 is 10.8 Å². The highest BCUT2D eigenvalue weighted by Gasteiger charge is 2.08. The Labute approximate surface area is 127 Å². The third-order valence-electron chi connectivity index (χ3n) is 3.33. The van der Waals surface area contributed by atoms with Crippen LogP contribution in [0.5, 0.6) is 5.75 Å². The van der Waals surface area contributed by atoms with E-state index in [4.69, 9.17) is 4.74 Å². The Hall–Kier alpha value is -1.98. The summed E-state index contributed by atoms with van der Waals surface area (Å²) in [6.45, 7) is 8.50. The highest BCUT2D eigenvalue weighted by atomic mass is 16.5. The normalized spacial score (nSPS) is 10.5. The molecule has 2 heteroatoms. The Bertz CT molecular complexity index is 649. The molecule has 0 bridgehead atoms. The summed E-state index contributed by atoms with van der Waals surface area (Å²) in [5.41, 5.74) is 1.21. The molecule has 0 atom stereocenters. The van der Waals surface area contributed by atoms with Gasteiger partial charge in [-0.3, -0.25) is 0 Å². The van der Waals surface area contributed by atoms with Crippen LogP contribution in [0.25, 0.3) is 10.8 Å². The molecular formula is C19H23NO. The molecule has 0 saturated carbocycles. The highest BCUT2D eigenvalue weighted by molar-refractivity contribution is 5.87. The summed E-state index contributed by atoms with van der Waals surface area (Å²) in [6, 6.07) is 12.6. The molecule has 1 N–H and O–H groups in total. The zero-order chi connectivity index (χ0) is 15.1. The first-order valence-electron chi connectivity index (χ1n) is 7.46. The summed E-state index contributed by atoms with van der Waals surface area (Å²) >= 11 is 0. The molecule has 21 heavy (non-hydrogen) atoms. The van der Waals surface area contributed by atoms with Crippen LogP contribution in [0.2, 0.25) is 0 Å². The SMILES string of the molecule is CC#CCOc1ccc2ccccc2c1CNCC(C)C. The lowest BCUT2D eigenvalue weighted by molar-refractivity contribution is 0.365. The second-order valence-corrected chi connectivity index (χ2v) is 5.50. The van der Waals surface area contributed by atoms with Gasteiger partial charge in [0, 0.05) is 12.1 Å². The second kappa shape index (κ2) is 7.71. The number of nitrogens with one attached hydrogen (secondary N) is 1. The molecule has 2 rings (SSSR count). The molecule has 2 nitrogen and oxygen atoms in total. The molecule has 0 saturated heterocycles. The van der Waals surface area contributed by atoms with Crippen LogP contribution >= 0.6 is 0 Å². The third-order valence-corrected chi connectivity index (χ3v) is 3.33. The van der Waals surface area contributed by atoms with Crippen LogP contribution in [0.3, 0.4) is 0 Å². The zero-order valence-corrected chi connectivity index (χ0v) is 13.1. The Morgan fingerprint density at radius 3 is 2.71 bits per heavy atom. The van der Waals surface area contributed by atoms with E-state index in [0.29, 0.717) is 12.5 Å². The van der Waals surface area contributed by atoms with Crippen LogP contribution < -0.4 is 10.1 Å². The van der Waals surface area contributed by atoms with E-state index in [-0.39, 0.29) is 0 Å². The molecule has 0 fully saturated rings. The molecule has 0 aliphatic carbocycles. The van der Waals surface area contributed by atoms with Crippen LogP contribution in [0, 0.1) is 17.8 Å². The minimum atomic E-state index is 0.437. The van der Waals surface area contributed by atoms with Crippen molar-refractivity contribution in [1.82, 2.24) is 5.32 Å². The summed E-state index contributed by atoms with van der Waals surface area (Å²) in [5.74, 6) is 7.37. The molecule has 0 aromatic heterocycles. The number of fused-ring (bicyclic) bond motifs is 1. The minimum Gasteiger partial charge on any atom is -0.481 e. The van der Waals surface area contributed by atoms with E-state index in [1.165, 1.54) is 16.3 Å². The fourth-order valence-corrected chi connectivity index (χ4v) is 2.31. The molecule has 0 heterocycles. The topological polar surface area (TPSA) is 21.3 Å². The first-order valence-corrected chi connectivity index (χ1v) is 7.46. The van der Waals surface area contributed by atoms with Crippen LogP contribution in [0.4, 0.5) is 0 Å². The largest absolute Gasteiger partial charge is 0.481 e. The van der Waals surface area contributed by atoms with E-state index in [1.807, 2.05) is 13.0 Å². The maximum absolute atomic E-state index is 5.83. The van der Waals surface area contributed by atoms with Crippen molar-refractivity contribution in [2.75, 3.05) is 13.2 Å². The van der Waals surface area contributed by atoms with Gasteiger partial charge in [0.1, 0.15) is 12.4 Å². The number of benzene rings is 2. The summed E-state index contributed by atoms with van der Waals surface area (Å²) in [6.07, 6.45) is 0. The van der Waals surface area contributed by atoms with Gasteiger partial charge in [0.2, 0.25) is 0 Å². The first-order chi connectivity index (χ1) is 10.2. The molecule has 0 aliphatic heterocycles. The third kappa shape index (κ3) is 4.24. The van der Waals surface area contributed by atoms with Crippen LogP contribution in [0.15, 0.2) is 36.4 Å². The summed E-state index contributed by atoms with van der Waals surface area (Å²) in [4.78, 5) is 0. The van der Waals surface area contributed by atoms with Crippen LogP contribution in [0.1, 0.15) is 26.3 Å². The van der Waals surface area contributed by atoms with E-state index in [1.54, 1.807) is 0 Å². The van der Waals surface area contributed by atoms with E-state index >= 15 is 0 Å². The van der Waals surface area contributed by atoms with Gasteiger partial charge in [-0.1, -0.05) is 50.1 Å². The van der Waals surface area contributed by atoms with E-state index in [2.05, 4.69) is 61.3 Å². The van der Waals surface area contributed by atoms with Crippen molar-refractivity contribution in [2.24, 2.45) is 5.92 Å². The molecule has 2 aromatic rings. The zero-order valence-electron chi connectivity index (χ0n) is 13.1. The predicted molar refractivity (Wildman–Crippen MR) is 89.4 cm³/mol. The standard InChI is InChI=1S/C19H23NO/c1-4-5-12-21-19-11-10-16-8-6-7-9-17(16)18(19)14-20-13-15(2)3/h6-11,15,20H,12-14H2,1-3H3. The highest BCUT2D eigenvalue weighted by Crippen LogP contribution is 2.28. The van der Waals surface area contributed by atoms with Crippen molar-refractivity contribution in [2.45, 2.75) is 27.3 Å². The quantitative estimate of drug-likeness (QED) is 0.808. The molecule has 0 amide bonds. The summed E-state index contributed by atoms with van der Waals surface area (Å²) in [5, 5.41) is 6.00. The Kier molecular flexibility index (Phi) is 5.66. The minimum absolute atomic E-state index is 0.437. The predicted octanol–water partition coefficient (Wildman–Crippen LogP) is 3.99. The fourth-order valence-electron chi connectivity index (χ4n) is 2.31. The molecular weight excluding hydrogens is 258 g/mol.